The summed E-state index contributed by atoms with van der Waals surface area (Å²) in [6.45, 7) is 10.7. The maximum atomic E-state index is 12.1. The van der Waals surface area contributed by atoms with Crippen LogP contribution < -0.4 is 14.8 Å². The SMILES string of the molecule is Cc1ccc(OCCNC(=O)[C@H](C)Oc2ccc(C)c(C)c2)c(C)c1. The highest BCUT2D eigenvalue weighted by molar-refractivity contribution is 5.80. The molecule has 1 amide bonds. The summed E-state index contributed by atoms with van der Waals surface area (Å²) in [7, 11) is 0. The first-order valence-electron chi connectivity index (χ1n) is 8.58. The molecular formula is C21H27NO3. The summed E-state index contributed by atoms with van der Waals surface area (Å²) < 4.78 is 11.4. The van der Waals surface area contributed by atoms with Crippen LogP contribution in [0, 0.1) is 27.7 Å². The largest absolute Gasteiger partial charge is 0.491 e. The highest BCUT2D eigenvalue weighted by atomic mass is 16.5. The number of benzene rings is 2. The third-order valence-electron chi connectivity index (χ3n) is 4.15. The lowest BCUT2D eigenvalue weighted by atomic mass is 10.1. The summed E-state index contributed by atoms with van der Waals surface area (Å²) in [5.41, 5.74) is 4.65. The number of hydrogen-bond acceptors (Lipinski definition) is 3. The Balaban J connectivity index is 1.76. The average Bonchev–Trinajstić information content (AvgIpc) is 2.56. The Kier molecular flexibility index (Phi) is 6.45. The summed E-state index contributed by atoms with van der Waals surface area (Å²) >= 11 is 0. The molecule has 0 aromatic heterocycles. The van der Waals surface area contributed by atoms with E-state index in [0.717, 1.165) is 16.9 Å². The Bertz CT molecular complexity index is 740. The summed E-state index contributed by atoms with van der Waals surface area (Å²) in [6.07, 6.45) is -0.553. The van der Waals surface area contributed by atoms with Crippen molar-refractivity contribution >= 4 is 5.91 Å². The molecule has 0 aliphatic rings. The van der Waals surface area contributed by atoms with Gasteiger partial charge in [0.1, 0.15) is 18.1 Å². The van der Waals surface area contributed by atoms with Gasteiger partial charge in [-0.1, -0.05) is 23.8 Å². The van der Waals surface area contributed by atoms with Crippen LogP contribution >= 0.6 is 0 Å². The lowest BCUT2D eigenvalue weighted by Crippen LogP contribution is -2.38. The van der Waals surface area contributed by atoms with Gasteiger partial charge in [0, 0.05) is 0 Å². The van der Waals surface area contributed by atoms with Crippen LogP contribution in [0.25, 0.3) is 0 Å². The monoisotopic (exact) mass is 341 g/mol. The van der Waals surface area contributed by atoms with E-state index in [9.17, 15) is 4.79 Å². The number of nitrogens with one attached hydrogen (secondary N) is 1. The number of aryl methyl sites for hydroxylation is 4. The highest BCUT2D eigenvalue weighted by Gasteiger charge is 2.14. The van der Waals surface area contributed by atoms with Gasteiger partial charge in [-0.25, -0.2) is 0 Å². The Morgan fingerprint density at radius 3 is 2.44 bits per heavy atom. The number of carbonyl (C=O) groups is 1. The first-order valence-corrected chi connectivity index (χ1v) is 8.58. The van der Waals surface area contributed by atoms with Crippen LogP contribution in [-0.4, -0.2) is 25.2 Å². The first-order chi connectivity index (χ1) is 11.9. The number of amides is 1. The van der Waals surface area contributed by atoms with Crippen molar-refractivity contribution < 1.29 is 14.3 Å². The van der Waals surface area contributed by atoms with Crippen LogP contribution in [0.4, 0.5) is 0 Å². The van der Waals surface area contributed by atoms with E-state index in [1.807, 2.05) is 58.0 Å². The lowest BCUT2D eigenvalue weighted by molar-refractivity contribution is -0.127. The molecule has 134 valence electrons. The quantitative estimate of drug-likeness (QED) is 0.778. The van der Waals surface area contributed by atoms with Crippen molar-refractivity contribution in [1.29, 1.82) is 0 Å². The predicted molar refractivity (Wildman–Crippen MR) is 100 cm³/mol. The molecule has 25 heavy (non-hydrogen) atoms. The fraction of sp³-hybridized carbons (Fsp3) is 0.381. The second-order valence-corrected chi connectivity index (χ2v) is 6.41. The molecule has 2 aromatic carbocycles. The molecule has 1 atom stereocenters. The molecule has 4 nitrogen and oxygen atoms in total. The molecule has 0 heterocycles. The average molecular weight is 341 g/mol. The molecule has 0 bridgehead atoms. The highest BCUT2D eigenvalue weighted by Crippen LogP contribution is 2.19. The Hall–Kier alpha value is -2.49. The summed E-state index contributed by atoms with van der Waals surface area (Å²) in [4.78, 5) is 12.1. The minimum Gasteiger partial charge on any atom is -0.491 e. The van der Waals surface area contributed by atoms with Crippen molar-refractivity contribution in [2.45, 2.75) is 40.7 Å². The van der Waals surface area contributed by atoms with Crippen LogP contribution in [0.3, 0.4) is 0 Å². The molecule has 0 saturated heterocycles. The van der Waals surface area contributed by atoms with Crippen LogP contribution in [0.2, 0.25) is 0 Å². The van der Waals surface area contributed by atoms with Crippen molar-refractivity contribution in [2.75, 3.05) is 13.2 Å². The maximum Gasteiger partial charge on any atom is 0.260 e. The van der Waals surface area contributed by atoms with Gasteiger partial charge in [0.2, 0.25) is 0 Å². The lowest BCUT2D eigenvalue weighted by Gasteiger charge is -2.16. The van der Waals surface area contributed by atoms with Crippen LogP contribution in [-0.2, 0) is 4.79 Å². The number of carbonyl (C=O) groups excluding carboxylic acids is 1. The second kappa shape index (κ2) is 8.56. The van der Waals surface area contributed by atoms with E-state index in [0.29, 0.717) is 18.9 Å². The summed E-state index contributed by atoms with van der Waals surface area (Å²) in [5.74, 6) is 1.40. The second-order valence-electron chi connectivity index (χ2n) is 6.41. The van der Waals surface area contributed by atoms with Crippen molar-refractivity contribution in [3.63, 3.8) is 0 Å². The van der Waals surface area contributed by atoms with Crippen molar-refractivity contribution in [3.05, 3.63) is 58.7 Å². The summed E-state index contributed by atoms with van der Waals surface area (Å²) in [6, 6.07) is 11.9. The minimum absolute atomic E-state index is 0.151. The smallest absolute Gasteiger partial charge is 0.260 e. The number of ether oxygens (including phenoxy) is 2. The molecule has 4 heteroatoms. The standard InChI is InChI=1S/C21H27NO3/c1-14-6-9-20(17(4)12-14)24-11-10-22-21(23)18(5)25-19-8-7-15(2)16(3)13-19/h6-9,12-13,18H,10-11H2,1-5H3,(H,22,23)/t18-/m0/s1. The van der Waals surface area contributed by atoms with Gasteiger partial charge in [0.05, 0.1) is 6.54 Å². The zero-order valence-corrected chi connectivity index (χ0v) is 15.7. The Morgan fingerprint density at radius 2 is 1.76 bits per heavy atom. The Labute approximate surface area is 150 Å². The van der Waals surface area contributed by atoms with Gasteiger partial charge < -0.3 is 14.8 Å². The van der Waals surface area contributed by atoms with Crippen LogP contribution in [0.1, 0.15) is 29.2 Å². The Morgan fingerprint density at radius 1 is 1.00 bits per heavy atom. The van der Waals surface area contributed by atoms with Gasteiger partial charge in [-0.2, -0.15) is 0 Å². The van der Waals surface area contributed by atoms with Crippen LogP contribution in [0.15, 0.2) is 36.4 Å². The maximum absolute atomic E-state index is 12.1. The van der Waals surface area contributed by atoms with Crippen molar-refractivity contribution in [1.82, 2.24) is 5.32 Å². The van der Waals surface area contributed by atoms with Gasteiger partial charge >= 0.3 is 0 Å². The van der Waals surface area contributed by atoms with Gasteiger partial charge in [-0.05, 0) is 69.5 Å². The van der Waals surface area contributed by atoms with Gasteiger partial charge in [0.15, 0.2) is 6.10 Å². The minimum atomic E-state index is -0.553. The van der Waals surface area contributed by atoms with Gasteiger partial charge in [-0.3, -0.25) is 4.79 Å². The third kappa shape index (κ3) is 5.52. The van der Waals surface area contributed by atoms with Gasteiger partial charge in [0.25, 0.3) is 5.91 Å². The number of rotatable bonds is 7. The van der Waals surface area contributed by atoms with E-state index >= 15 is 0 Å². The van der Waals surface area contributed by atoms with Crippen LogP contribution in [0.5, 0.6) is 11.5 Å². The predicted octanol–water partition coefficient (Wildman–Crippen LogP) is 3.88. The molecule has 0 aliphatic heterocycles. The fourth-order valence-electron chi connectivity index (χ4n) is 2.49. The molecule has 0 saturated carbocycles. The van der Waals surface area contributed by atoms with Crippen molar-refractivity contribution in [3.8, 4) is 11.5 Å². The summed E-state index contributed by atoms with van der Waals surface area (Å²) in [5, 5.41) is 2.84. The molecular weight excluding hydrogens is 314 g/mol. The molecule has 2 aromatic rings. The third-order valence-corrected chi connectivity index (χ3v) is 4.15. The zero-order chi connectivity index (χ0) is 18.4. The van der Waals surface area contributed by atoms with E-state index in [4.69, 9.17) is 9.47 Å². The molecule has 0 fully saturated rings. The fourth-order valence-corrected chi connectivity index (χ4v) is 2.49. The van der Waals surface area contributed by atoms with E-state index in [2.05, 4.69) is 11.4 Å². The van der Waals surface area contributed by atoms with E-state index in [1.165, 1.54) is 11.1 Å². The normalized spacial score (nSPS) is 11.7. The molecule has 0 aliphatic carbocycles. The zero-order valence-electron chi connectivity index (χ0n) is 15.7. The first kappa shape index (κ1) is 18.8. The number of hydrogen-bond donors (Lipinski definition) is 1. The topological polar surface area (TPSA) is 47.6 Å². The van der Waals surface area contributed by atoms with Crippen molar-refractivity contribution in [2.24, 2.45) is 0 Å². The van der Waals surface area contributed by atoms with E-state index in [-0.39, 0.29) is 5.91 Å². The molecule has 0 unspecified atom stereocenters. The molecule has 1 N–H and O–H groups in total. The van der Waals surface area contributed by atoms with E-state index in [1.54, 1.807) is 6.92 Å². The molecule has 2 rings (SSSR count). The molecule has 0 radical (unpaired) electrons. The van der Waals surface area contributed by atoms with Gasteiger partial charge in [-0.15, -0.1) is 0 Å². The molecule has 0 spiro atoms. The van der Waals surface area contributed by atoms with E-state index < -0.39 is 6.10 Å².